The van der Waals surface area contributed by atoms with Gasteiger partial charge in [-0.2, -0.15) is 5.26 Å². The Balaban J connectivity index is 1.35. The van der Waals surface area contributed by atoms with Crippen molar-refractivity contribution in [3.8, 4) is 23.3 Å². The maximum absolute atomic E-state index is 13.6. The lowest BCUT2D eigenvalue weighted by Crippen LogP contribution is -2.52. The summed E-state index contributed by atoms with van der Waals surface area (Å²) in [5, 5.41) is 15.8. The minimum Gasteiger partial charge on any atom is -0.457 e. The second-order valence-corrected chi connectivity index (χ2v) is 10.4. The zero-order valence-corrected chi connectivity index (χ0v) is 23.6. The molecular formula is C30H33N9O3. The number of nitrogens with zero attached hydrogens (tertiary/aromatic N) is 6. The molecule has 3 heterocycles. The normalized spacial score (nSPS) is 14.5. The standard InChI is InChI=1S/C30H33N9O3/c1-30(2,37-15-12-33-13-16-37)18-21(19-31)28(40)34-14-17-38-27-25(26(32)35-20-36-27)39(29(38)41)22-8-10-24(11-9-22)42-23-6-4-3-5-7-23/h3-11,18,20,33H,12-17H2,1-2H3,(H,34,40)(H2,32,35,36). The lowest BCUT2D eigenvalue weighted by molar-refractivity contribution is -0.117. The van der Waals surface area contributed by atoms with E-state index in [0.29, 0.717) is 28.4 Å². The van der Waals surface area contributed by atoms with Gasteiger partial charge in [0.05, 0.1) is 5.69 Å². The summed E-state index contributed by atoms with van der Waals surface area (Å²) in [6.07, 6.45) is 2.99. The maximum atomic E-state index is 13.6. The highest BCUT2D eigenvalue weighted by atomic mass is 16.5. The highest BCUT2D eigenvalue weighted by Gasteiger charge is 2.28. The number of imidazole rings is 1. The molecule has 12 heteroatoms. The number of carbonyl (C=O) groups is 1. The van der Waals surface area contributed by atoms with Crippen molar-refractivity contribution in [2.45, 2.75) is 25.9 Å². The molecule has 1 saturated heterocycles. The minimum atomic E-state index is -0.499. The number of ether oxygens (including phenoxy) is 1. The number of piperazine rings is 1. The van der Waals surface area contributed by atoms with Crippen LogP contribution in [0.2, 0.25) is 0 Å². The molecule has 0 unspecified atom stereocenters. The molecule has 4 aromatic rings. The van der Waals surface area contributed by atoms with Gasteiger partial charge in [-0.25, -0.2) is 14.8 Å². The number of nitrogens with one attached hydrogen (secondary N) is 2. The quantitative estimate of drug-likeness (QED) is 0.204. The molecule has 12 nitrogen and oxygen atoms in total. The van der Waals surface area contributed by atoms with Crippen molar-refractivity contribution >= 4 is 22.9 Å². The monoisotopic (exact) mass is 567 g/mol. The van der Waals surface area contributed by atoms with Crippen LogP contribution in [0.5, 0.6) is 11.5 Å². The molecule has 0 saturated carbocycles. The molecule has 0 radical (unpaired) electrons. The molecule has 1 aliphatic heterocycles. The topological polar surface area (TPSA) is 156 Å². The van der Waals surface area contributed by atoms with E-state index >= 15 is 0 Å². The molecule has 0 spiro atoms. The number of para-hydroxylation sites is 1. The van der Waals surface area contributed by atoms with Crippen LogP contribution in [0.1, 0.15) is 13.8 Å². The van der Waals surface area contributed by atoms with Crippen LogP contribution < -0.4 is 26.8 Å². The first-order valence-electron chi connectivity index (χ1n) is 13.7. The number of benzene rings is 2. The van der Waals surface area contributed by atoms with Gasteiger partial charge < -0.3 is 21.1 Å². The zero-order chi connectivity index (χ0) is 29.7. The van der Waals surface area contributed by atoms with Gasteiger partial charge in [0, 0.05) is 44.8 Å². The molecule has 5 rings (SSSR count). The summed E-state index contributed by atoms with van der Waals surface area (Å²) in [5.41, 5.74) is 6.61. The number of aromatic nitrogens is 4. The summed E-state index contributed by atoms with van der Waals surface area (Å²) >= 11 is 0. The number of nitrogen functional groups attached to an aromatic ring is 1. The highest BCUT2D eigenvalue weighted by Crippen LogP contribution is 2.25. The number of amides is 1. The van der Waals surface area contributed by atoms with Gasteiger partial charge in [0.15, 0.2) is 11.5 Å². The number of hydrogen-bond donors (Lipinski definition) is 3. The van der Waals surface area contributed by atoms with E-state index in [1.165, 1.54) is 15.5 Å². The first kappa shape index (κ1) is 28.5. The van der Waals surface area contributed by atoms with Crippen LogP contribution in [-0.2, 0) is 11.3 Å². The van der Waals surface area contributed by atoms with E-state index in [1.54, 1.807) is 30.3 Å². The van der Waals surface area contributed by atoms with Crippen LogP contribution in [0.4, 0.5) is 5.82 Å². The third kappa shape index (κ3) is 6.02. The number of anilines is 1. The second-order valence-electron chi connectivity index (χ2n) is 10.4. The van der Waals surface area contributed by atoms with Crippen molar-refractivity contribution < 1.29 is 9.53 Å². The van der Waals surface area contributed by atoms with Crippen molar-refractivity contribution in [2.75, 3.05) is 38.5 Å². The Morgan fingerprint density at radius 3 is 2.50 bits per heavy atom. The van der Waals surface area contributed by atoms with Gasteiger partial charge in [-0.1, -0.05) is 18.2 Å². The van der Waals surface area contributed by atoms with Crippen molar-refractivity contribution in [2.24, 2.45) is 0 Å². The van der Waals surface area contributed by atoms with Crippen molar-refractivity contribution in [1.82, 2.24) is 34.6 Å². The molecular weight excluding hydrogens is 534 g/mol. The Hall–Kier alpha value is -4.99. The van der Waals surface area contributed by atoms with E-state index in [2.05, 4.69) is 25.5 Å². The molecule has 0 atom stereocenters. The summed E-state index contributed by atoms with van der Waals surface area (Å²) in [4.78, 5) is 37.2. The first-order chi connectivity index (χ1) is 20.3. The van der Waals surface area contributed by atoms with E-state index in [1.807, 2.05) is 50.2 Å². The molecule has 1 aliphatic rings. The van der Waals surface area contributed by atoms with Gasteiger partial charge in [0.2, 0.25) is 0 Å². The number of nitrogens with two attached hydrogens (primary N) is 1. The molecule has 1 amide bonds. The fraction of sp³-hybridized carbons (Fsp3) is 0.300. The molecule has 4 N–H and O–H groups in total. The van der Waals surface area contributed by atoms with Gasteiger partial charge >= 0.3 is 5.69 Å². The summed E-state index contributed by atoms with van der Waals surface area (Å²) in [7, 11) is 0. The van der Waals surface area contributed by atoms with E-state index in [0.717, 1.165) is 26.2 Å². The Morgan fingerprint density at radius 1 is 1.12 bits per heavy atom. The largest absolute Gasteiger partial charge is 0.457 e. The van der Waals surface area contributed by atoms with Gasteiger partial charge in [-0.05, 0) is 56.3 Å². The summed E-state index contributed by atoms with van der Waals surface area (Å²) in [6, 6.07) is 18.4. The first-order valence-corrected chi connectivity index (χ1v) is 13.7. The van der Waals surface area contributed by atoms with Crippen molar-refractivity contribution in [3.05, 3.63) is 83.1 Å². The molecule has 0 bridgehead atoms. The van der Waals surface area contributed by atoms with Crippen LogP contribution in [0.15, 0.2) is 77.4 Å². The molecule has 42 heavy (non-hydrogen) atoms. The lowest BCUT2D eigenvalue weighted by Gasteiger charge is -2.39. The van der Waals surface area contributed by atoms with E-state index in [-0.39, 0.29) is 30.2 Å². The molecule has 2 aromatic heterocycles. The third-order valence-electron chi connectivity index (χ3n) is 7.22. The summed E-state index contributed by atoms with van der Waals surface area (Å²) in [6.45, 7) is 7.54. The number of hydrogen-bond acceptors (Lipinski definition) is 9. The Labute approximate surface area is 243 Å². The molecule has 216 valence electrons. The van der Waals surface area contributed by atoms with E-state index in [4.69, 9.17) is 10.5 Å². The number of rotatable bonds is 9. The Morgan fingerprint density at radius 2 is 1.81 bits per heavy atom. The molecule has 1 fully saturated rings. The smallest absolute Gasteiger partial charge is 0.335 e. The van der Waals surface area contributed by atoms with Crippen LogP contribution in [-0.4, -0.2) is 68.2 Å². The number of fused-ring (bicyclic) bond motifs is 1. The molecule has 2 aromatic carbocycles. The SMILES string of the molecule is CC(C)(C=C(C#N)C(=O)NCCn1c(=O)n(-c2ccc(Oc3ccccc3)cc2)c2c(N)ncnc21)N1CCNCC1. The van der Waals surface area contributed by atoms with Crippen LogP contribution >= 0.6 is 0 Å². The lowest BCUT2D eigenvalue weighted by atomic mass is 9.98. The predicted molar refractivity (Wildman–Crippen MR) is 159 cm³/mol. The zero-order valence-electron chi connectivity index (χ0n) is 23.6. The Bertz CT molecular complexity index is 1690. The average Bonchev–Trinajstić information content (AvgIpc) is 3.29. The van der Waals surface area contributed by atoms with Crippen molar-refractivity contribution in [3.63, 3.8) is 0 Å². The van der Waals surface area contributed by atoms with Crippen molar-refractivity contribution in [1.29, 1.82) is 5.26 Å². The second kappa shape index (κ2) is 12.3. The van der Waals surface area contributed by atoms with Crippen LogP contribution in [0.3, 0.4) is 0 Å². The van der Waals surface area contributed by atoms with E-state index in [9.17, 15) is 14.9 Å². The van der Waals surface area contributed by atoms with E-state index < -0.39 is 11.4 Å². The van der Waals surface area contributed by atoms with Gasteiger partial charge in [-0.3, -0.25) is 18.8 Å². The fourth-order valence-electron chi connectivity index (χ4n) is 5.04. The molecule has 0 aliphatic carbocycles. The summed E-state index contributed by atoms with van der Waals surface area (Å²) in [5.74, 6) is 0.950. The van der Waals surface area contributed by atoms with Crippen LogP contribution in [0.25, 0.3) is 16.9 Å². The van der Waals surface area contributed by atoms with Gasteiger partial charge in [0.25, 0.3) is 5.91 Å². The number of nitriles is 1. The average molecular weight is 568 g/mol. The Kier molecular flexibility index (Phi) is 8.33. The predicted octanol–water partition coefficient (Wildman–Crippen LogP) is 2.21. The van der Waals surface area contributed by atoms with Crippen LogP contribution in [0, 0.1) is 11.3 Å². The minimum absolute atomic E-state index is 0.0256. The third-order valence-corrected chi connectivity index (χ3v) is 7.22. The number of carbonyl (C=O) groups excluding carboxylic acids is 1. The summed E-state index contributed by atoms with van der Waals surface area (Å²) < 4.78 is 8.74. The van der Waals surface area contributed by atoms with Gasteiger partial charge in [-0.15, -0.1) is 0 Å². The fourth-order valence-corrected chi connectivity index (χ4v) is 5.04. The maximum Gasteiger partial charge on any atom is 0.335 e. The highest BCUT2D eigenvalue weighted by molar-refractivity contribution is 5.97. The van der Waals surface area contributed by atoms with Gasteiger partial charge in [0.1, 0.15) is 35.0 Å².